The first-order valence-corrected chi connectivity index (χ1v) is 7.32. The van der Waals surface area contributed by atoms with Crippen LogP contribution in [0.1, 0.15) is 10.4 Å². The largest absolute Gasteiger partial charge is 0.495 e. The lowest BCUT2D eigenvalue weighted by Gasteiger charge is -2.11. The van der Waals surface area contributed by atoms with E-state index >= 15 is 0 Å². The fourth-order valence-corrected chi connectivity index (χ4v) is 2.22. The Labute approximate surface area is 136 Å². The van der Waals surface area contributed by atoms with Gasteiger partial charge < -0.3 is 19.3 Å². The van der Waals surface area contributed by atoms with Gasteiger partial charge in [0.05, 0.1) is 11.6 Å². The summed E-state index contributed by atoms with van der Waals surface area (Å²) in [6.07, 6.45) is 0. The average Bonchev–Trinajstić information content (AvgIpc) is 2.53. The molecule has 22 heavy (non-hydrogen) atoms. The number of para-hydroxylation sites is 1. The van der Waals surface area contributed by atoms with Crippen molar-refractivity contribution in [1.29, 1.82) is 0 Å². The first-order valence-electron chi connectivity index (χ1n) is 6.53. The standard InChI is InChI=1S/C16H15BrO5/c1-20-15-10-11(6-7-13(15)17)21-8-9-22-14-5-3-2-4-12(14)16(18)19/h2-7,10H,8-9H2,1H3,(H,18,19). The number of rotatable bonds is 7. The van der Waals surface area contributed by atoms with Gasteiger partial charge in [0.1, 0.15) is 36.0 Å². The Bertz CT molecular complexity index is 657. The predicted octanol–water partition coefficient (Wildman–Crippen LogP) is 3.61. The van der Waals surface area contributed by atoms with E-state index in [9.17, 15) is 4.79 Å². The van der Waals surface area contributed by atoms with Crippen molar-refractivity contribution in [3.05, 3.63) is 52.5 Å². The number of carbonyl (C=O) groups is 1. The molecule has 5 nitrogen and oxygen atoms in total. The highest BCUT2D eigenvalue weighted by Gasteiger charge is 2.10. The van der Waals surface area contributed by atoms with Gasteiger partial charge in [0.15, 0.2) is 0 Å². The molecule has 0 aliphatic carbocycles. The third kappa shape index (κ3) is 4.14. The number of hydrogen-bond acceptors (Lipinski definition) is 4. The highest BCUT2D eigenvalue weighted by atomic mass is 79.9. The molecule has 116 valence electrons. The van der Waals surface area contributed by atoms with Crippen molar-refractivity contribution in [1.82, 2.24) is 0 Å². The molecule has 2 aromatic rings. The minimum absolute atomic E-state index is 0.132. The number of ether oxygens (including phenoxy) is 3. The first kappa shape index (κ1) is 16.2. The zero-order chi connectivity index (χ0) is 15.9. The number of methoxy groups -OCH3 is 1. The van der Waals surface area contributed by atoms with Crippen LogP contribution in [-0.2, 0) is 0 Å². The Hall–Kier alpha value is -2.21. The van der Waals surface area contributed by atoms with E-state index in [4.69, 9.17) is 19.3 Å². The first-order chi connectivity index (χ1) is 10.6. The molecule has 0 atom stereocenters. The Kier molecular flexibility index (Phi) is 5.66. The highest BCUT2D eigenvalue weighted by molar-refractivity contribution is 9.10. The van der Waals surface area contributed by atoms with Crippen LogP contribution in [0.2, 0.25) is 0 Å². The van der Waals surface area contributed by atoms with E-state index in [2.05, 4.69) is 15.9 Å². The summed E-state index contributed by atoms with van der Waals surface area (Å²) in [4.78, 5) is 11.0. The van der Waals surface area contributed by atoms with Crippen molar-refractivity contribution >= 4 is 21.9 Å². The van der Waals surface area contributed by atoms with Crippen LogP contribution in [0.25, 0.3) is 0 Å². The molecule has 0 amide bonds. The van der Waals surface area contributed by atoms with Gasteiger partial charge in [-0.2, -0.15) is 0 Å². The molecule has 2 aromatic carbocycles. The van der Waals surface area contributed by atoms with Crippen LogP contribution in [0.5, 0.6) is 17.2 Å². The molecular formula is C16H15BrO5. The van der Waals surface area contributed by atoms with Crippen LogP contribution in [0.3, 0.4) is 0 Å². The maximum atomic E-state index is 11.0. The predicted molar refractivity (Wildman–Crippen MR) is 85.1 cm³/mol. The summed E-state index contributed by atoms with van der Waals surface area (Å²) in [6.45, 7) is 0.529. The van der Waals surface area contributed by atoms with Crippen molar-refractivity contribution in [2.45, 2.75) is 0 Å². The van der Waals surface area contributed by atoms with Crippen LogP contribution in [0.4, 0.5) is 0 Å². The fourth-order valence-electron chi connectivity index (χ4n) is 1.81. The molecule has 0 heterocycles. The number of aromatic carboxylic acids is 1. The monoisotopic (exact) mass is 366 g/mol. The Morgan fingerprint density at radius 1 is 1.09 bits per heavy atom. The zero-order valence-corrected chi connectivity index (χ0v) is 13.5. The van der Waals surface area contributed by atoms with Crippen LogP contribution >= 0.6 is 15.9 Å². The van der Waals surface area contributed by atoms with Gasteiger partial charge in [-0.15, -0.1) is 0 Å². The summed E-state index contributed by atoms with van der Waals surface area (Å²) in [6, 6.07) is 11.9. The number of carboxylic acids is 1. The van der Waals surface area contributed by atoms with Gasteiger partial charge in [0.25, 0.3) is 0 Å². The number of benzene rings is 2. The molecule has 0 unspecified atom stereocenters. The molecule has 2 rings (SSSR count). The van der Waals surface area contributed by atoms with Crippen molar-refractivity contribution < 1.29 is 24.1 Å². The minimum atomic E-state index is -1.02. The zero-order valence-electron chi connectivity index (χ0n) is 11.9. The molecule has 0 saturated heterocycles. The maximum absolute atomic E-state index is 11.0. The van der Waals surface area contributed by atoms with Crippen LogP contribution < -0.4 is 14.2 Å². The van der Waals surface area contributed by atoms with E-state index in [-0.39, 0.29) is 12.2 Å². The third-order valence-electron chi connectivity index (χ3n) is 2.85. The molecule has 0 fully saturated rings. The number of halogens is 1. The van der Waals surface area contributed by atoms with E-state index in [0.717, 1.165) is 4.47 Å². The Morgan fingerprint density at radius 3 is 2.55 bits per heavy atom. The molecule has 0 bridgehead atoms. The molecule has 0 aliphatic rings. The summed E-state index contributed by atoms with van der Waals surface area (Å²) in [5, 5.41) is 9.05. The molecule has 0 aliphatic heterocycles. The molecule has 1 N–H and O–H groups in total. The normalized spacial score (nSPS) is 10.1. The van der Waals surface area contributed by atoms with E-state index in [1.54, 1.807) is 37.4 Å². The second kappa shape index (κ2) is 7.70. The van der Waals surface area contributed by atoms with Crippen LogP contribution in [0.15, 0.2) is 46.9 Å². The number of hydrogen-bond donors (Lipinski definition) is 1. The summed E-state index contributed by atoms with van der Waals surface area (Å²) in [7, 11) is 1.58. The van der Waals surface area contributed by atoms with Gasteiger partial charge >= 0.3 is 5.97 Å². The molecule has 0 saturated carbocycles. The van der Waals surface area contributed by atoms with E-state index in [1.807, 2.05) is 6.07 Å². The molecule has 6 heteroatoms. The van der Waals surface area contributed by atoms with Gasteiger partial charge in [-0.05, 0) is 40.2 Å². The summed E-state index contributed by atoms with van der Waals surface area (Å²) in [5.41, 5.74) is 0.132. The minimum Gasteiger partial charge on any atom is -0.495 e. The Morgan fingerprint density at radius 2 is 1.82 bits per heavy atom. The summed E-state index contributed by atoms with van der Waals surface area (Å²) < 4.78 is 17.0. The maximum Gasteiger partial charge on any atom is 0.339 e. The topological polar surface area (TPSA) is 65.0 Å². The number of carboxylic acid groups (broad SMARTS) is 1. The molecule has 0 spiro atoms. The van der Waals surface area contributed by atoms with Gasteiger partial charge in [0, 0.05) is 6.07 Å². The molecule has 0 aromatic heterocycles. The summed E-state index contributed by atoms with van der Waals surface area (Å²) in [5.74, 6) is 0.631. The third-order valence-corrected chi connectivity index (χ3v) is 3.50. The van der Waals surface area contributed by atoms with E-state index in [1.165, 1.54) is 6.07 Å². The van der Waals surface area contributed by atoms with E-state index in [0.29, 0.717) is 23.9 Å². The molecule has 0 radical (unpaired) electrons. The average molecular weight is 367 g/mol. The SMILES string of the molecule is COc1cc(OCCOc2ccccc2C(=O)O)ccc1Br. The van der Waals surface area contributed by atoms with Gasteiger partial charge in [-0.1, -0.05) is 12.1 Å². The van der Waals surface area contributed by atoms with Crippen LogP contribution in [0, 0.1) is 0 Å². The second-order valence-electron chi connectivity index (χ2n) is 4.29. The lowest BCUT2D eigenvalue weighted by atomic mass is 10.2. The van der Waals surface area contributed by atoms with Gasteiger partial charge in [-0.3, -0.25) is 0 Å². The lowest BCUT2D eigenvalue weighted by Crippen LogP contribution is -2.11. The van der Waals surface area contributed by atoms with Gasteiger partial charge in [-0.25, -0.2) is 4.79 Å². The highest BCUT2D eigenvalue weighted by Crippen LogP contribution is 2.29. The molecular weight excluding hydrogens is 352 g/mol. The smallest absolute Gasteiger partial charge is 0.339 e. The van der Waals surface area contributed by atoms with E-state index < -0.39 is 5.97 Å². The van der Waals surface area contributed by atoms with Crippen molar-refractivity contribution in [2.75, 3.05) is 20.3 Å². The van der Waals surface area contributed by atoms with Crippen molar-refractivity contribution in [3.8, 4) is 17.2 Å². The quantitative estimate of drug-likeness (QED) is 0.758. The summed E-state index contributed by atoms with van der Waals surface area (Å²) >= 11 is 3.36. The lowest BCUT2D eigenvalue weighted by molar-refractivity contribution is 0.0691. The Balaban J connectivity index is 1.89. The van der Waals surface area contributed by atoms with Gasteiger partial charge in [0.2, 0.25) is 0 Å². The van der Waals surface area contributed by atoms with Crippen molar-refractivity contribution in [3.63, 3.8) is 0 Å². The fraction of sp³-hybridized carbons (Fsp3) is 0.188. The van der Waals surface area contributed by atoms with Crippen LogP contribution in [-0.4, -0.2) is 31.4 Å². The second-order valence-corrected chi connectivity index (χ2v) is 5.15. The van der Waals surface area contributed by atoms with Crippen molar-refractivity contribution in [2.24, 2.45) is 0 Å².